The molecule has 6 heteroatoms. The van der Waals surface area contributed by atoms with Crippen LogP contribution in [-0.2, 0) is 0 Å². The molecule has 1 saturated heterocycles. The molecular weight excluding hydrogens is 292 g/mol. The first-order valence-corrected chi connectivity index (χ1v) is 8.19. The molecule has 1 fully saturated rings. The van der Waals surface area contributed by atoms with E-state index in [1.54, 1.807) is 29.0 Å². The Balaban J connectivity index is 1.79. The number of carbonyl (C=O) groups is 1. The van der Waals surface area contributed by atoms with Gasteiger partial charge in [0.15, 0.2) is 11.3 Å². The van der Waals surface area contributed by atoms with Crippen molar-refractivity contribution in [3.05, 3.63) is 30.2 Å². The molecule has 0 aliphatic carbocycles. The topological polar surface area (TPSA) is 70.7 Å². The van der Waals surface area contributed by atoms with Gasteiger partial charge in [-0.15, -0.1) is 0 Å². The summed E-state index contributed by atoms with van der Waals surface area (Å²) in [4.78, 5) is 18.8. The molecule has 0 bridgehead atoms. The monoisotopic (exact) mass is 316 g/mol. The van der Waals surface area contributed by atoms with E-state index >= 15 is 0 Å². The maximum absolute atomic E-state index is 12.8. The van der Waals surface area contributed by atoms with Crippen LogP contribution in [0.2, 0.25) is 0 Å². The van der Waals surface area contributed by atoms with Crippen molar-refractivity contribution in [1.82, 2.24) is 19.5 Å². The molecule has 6 nitrogen and oxygen atoms in total. The van der Waals surface area contributed by atoms with E-state index in [2.05, 4.69) is 23.9 Å². The number of hydrogen-bond donors (Lipinski definition) is 1. The van der Waals surface area contributed by atoms with Gasteiger partial charge in [0.1, 0.15) is 0 Å². The second-order valence-corrected chi connectivity index (χ2v) is 7.14. The van der Waals surface area contributed by atoms with Crippen LogP contribution >= 0.6 is 0 Å². The lowest BCUT2D eigenvalue weighted by atomic mass is 9.78. The van der Waals surface area contributed by atoms with Crippen molar-refractivity contribution in [3.63, 3.8) is 0 Å². The van der Waals surface area contributed by atoms with Gasteiger partial charge in [-0.3, -0.25) is 4.79 Å². The molecule has 1 amide bonds. The van der Waals surface area contributed by atoms with Crippen LogP contribution in [0, 0.1) is 11.8 Å². The maximum atomic E-state index is 12.8. The lowest BCUT2D eigenvalue weighted by molar-refractivity contribution is -0.0578. The molecule has 3 heterocycles. The highest BCUT2D eigenvalue weighted by molar-refractivity contribution is 5.93. The predicted molar refractivity (Wildman–Crippen MR) is 87.1 cm³/mol. The number of hydrogen-bond acceptors (Lipinski definition) is 4. The molecular formula is C17H24N4O2. The van der Waals surface area contributed by atoms with Gasteiger partial charge in [0.05, 0.1) is 5.60 Å². The van der Waals surface area contributed by atoms with Crippen LogP contribution in [-0.4, -0.2) is 49.2 Å². The SMILES string of the molecule is CC(C)C[C@@H]1CN(C(=O)c2cc3ncccn3n2)CC[C@]1(C)O. The third-order valence-electron chi connectivity index (χ3n) is 4.71. The van der Waals surface area contributed by atoms with Crippen molar-refractivity contribution in [3.8, 4) is 0 Å². The highest BCUT2D eigenvalue weighted by Crippen LogP contribution is 2.32. The predicted octanol–water partition coefficient (Wildman–Crippen LogP) is 1.99. The summed E-state index contributed by atoms with van der Waals surface area (Å²) in [6, 6.07) is 3.50. The van der Waals surface area contributed by atoms with Gasteiger partial charge in [0, 0.05) is 37.5 Å². The van der Waals surface area contributed by atoms with Crippen LogP contribution in [0.5, 0.6) is 0 Å². The molecule has 1 N–H and O–H groups in total. The van der Waals surface area contributed by atoms with Crippen molar-refractivity contribution in [1.29, 1.82) is 0 Å². The van der Waals surface area contributed by atoms with Gasteiger partial charge in [0.2, 0.25) is 0 Å². The van der Waals surface area contributed by atoms with Crippen LogP contribution in [0.4, 0.5) is 0 Å². The number of aliphatic hydroxyl groups is 1. The fourth-order valence-corrected chi connectivity index (χ4v) is 3.30. The summed E-state index contributed by atoms with van der Waals surface area (Å²) in [5.74, 6) is 0.496. The quantitative estimate of drug-likeness (QED) is 0.940. The zero-order chi connectivity index (χ0) is 16.6. The molecule has 1 aliphatic heterocycles. The summed E-state index contributed by atoms with van der Waals surface area (Å²) in [5.41, 5.74) is 0.369. The summed E-state index contributed by atoms with van der Waals surface area (Å²) < 4.78 is 1.61. The minimum Gasteiger partial charge on any atom is -0.390 e. The lowest BCUT2D eigenvalue weighted by Gasteiger charge is -2.43. The minimum atomic E-state index is -0.707. The first-order valence-electron chi connectivity index (χ1n) is 8.19. The van der Waals surface area contributed by atoms with E-state index in [-0.39, 0.29) is 11.8 Å². The molecule has 0 spiro atoms. The largest absolute Gasteiger partial charge is 0.390 e. The van der Waals surface area contributed by atoms with E-state index in [1.807, 2.05) is 11.8 Å². The second kappa shape index (κ2) is 5.92. The molecule has 3 rings (SSSR count). The Morgan fingerprint density at radius 2 is 2.30 bits per heavy atom. The summed E-state index contributed by atoms with van der Waals surface area (Å²) in [6.07, 6.45) is 4.97. The Kier molecular flexibility index (Phi) is 4.10. The van der Waals surface area contributed by atoms with Gasteiger partial charge in [-0.1, -0.05) is 13.8 Å². The van der Waals surface area contributed by atoms with Crippen LogP contribution in [0.25, 0.3) is 5.65 Å². The third kappa shape index (κ3) is 3.22. The van der Waals surface area contributed by atoms with Crippen molar-refractivity contribution in [2.45, 2.75) is 39.2 Å². The zero-order valence-corrected chi connectivity index (χ0v) is 13.9. The maximum Gasteiger partial charge on any atom is 0.274 e. The van der Waals surface area contributed by atoms with Crippen LogP contribution < -0.4 is 0 Å². The normalized spacial score (nSPS) is 25.3. The highest BCUT2D eigenvalue weighted by Gasteiger charge is 2.39. The summed E-state index contributed by atoms with van der Waals surface area (Å²) in [7, 11) is 0. The van der Waals surface area contributed by atoms with Crippen LogP contribution in [0.15, 0.2) is 24.5 Å². The van der Waals surface area contributed by atoms with Crippen molar-refractivity contribution in [2.24, 2.45) is 11.8 Å². The molecule has 1 aliphatic rings. The van der Waals surface area contributed by atoms with Crippen molar-refractivity contribution >= 4 is 11.6 Å². The van der Waals surface area contributed by atoms with Gasteiger partial charge < -0.3 is 10.0 Å². The van der Waals surface area contributed by atoms with E-state index in [9.17, 15) is 9.90 Å². The van der Waals surface area contributed by atoms with Gasteiger partial charge in [-0.25, -0.2) is 9.50 Å². The molecule has 0 aromatic carbocycles. The van der Waals surface area contributed by atoms with Crippen molar-refractivity contribution in [2.75, 3.05) is 13.1 Å². The van der Waals surface area contributed by atoms with E-state index in [0.717, 1.165) is 6.42 Å². The Morgan fingerprint density at radius 1 is 1.52 bits per heavy atom. The minimum absolute atomic E-state index is 0.0836. The van der Waals surface area contributed by atoms with E-state index < -0.39 is 5.60 Å². The number of rotatable bonds is 3. The molecule has 0 radical (unpaired) electrons. The first kappa shape index (κ1) is 15.9. The van der Waals surface area contributed by atoms with E-state index in [4.69, 9.17) is 0 Å². The Morgan fingerprint density at radius 3 is 3.00 bits per heavy atom. The van der Waals surface area contributed by atoms with Crippen LogP contribution in [0.3, 0.4) is 0 Å². The number of carbonyl (C=O) groups excluding carboxylic acids is 1. The molecule has 2 aromatic rings. The van der Waals surface area contributed by atoms with Gasteiger partial charge >= 0.3 is 0 Å². The average molecular weight is 316 g/mol. The van der Waals surface area contributed by atoms with Gasteiger partial charge in [-0.2, -0.15) is 5.10 Å². The Bertz CT molecular complexity index is 674. The lowest BCUT2D eigenvalue weighted by Crippen LogP contribution is -2.52. The molecule has 2 aromatic heterocycles. The second-order valence-electron chi connectivity index (χ2n) is 7.14. The molecule has 2 atom stereocenters. The number of fused-ring (bicyclic) bond motifs is 1. The van der Waals surface area contributed by atoms with E-state index in [1.165, 1.54) is 0 Å². The molecule has 124 valence electrons. The Hall–Kier alpha value is -1.95. The standard InChI is InChI=1S/C17H24N4O2/c1-12(2)9-13-11-20(8-5-17(13,3)23)16(22)14-10-15-18-6-4-7-21(15)19-14/h4,6-7,10,12-13,23H,5,8-9,11H2,1-3H3/t13-,17+/m1/s1. The number of likely N-dealkylation sites (tertiary alicyclic amines) is 1. The fraction of sp³-hybridized carbons (Fsp3) is 0.588. The highest BCUT2D eigenvalue weighted by atomic mass is 16.3. The summed E-state index contributed by atoms with van der Waals surface area (Å²) in [6.45, 7) is 7.30. The Labute approximate surface area is 136 Å². The van der Waals surface area contributed by atoms with Crippen LogP contribution in [0.1, 0.15) is 44.1 Å². The van der Waals surface area contributed by atoms with Crippen molar-refractivity contribution < 1.29 is 9.90 Å². The average Bonchev–Trinajstić information content (AvgIpc) is 2.92. The molecule has 23 heavy (non-hydrogen) atoms. The number of piperidine rings is 1. The molecule has 0 unspecified atom stereocenters. The third-order valence-corrected chi connectivity index (χ3v) is 4.71. The summed E-state index contributed by atoms with van der Waals surface area (Å²) in [5, 5.41) is 14.9. The molecule has 0 saturated carbocycles. The van der Waals surface area contributed by atoms with Gasteiger partial charge in [0.25, 0.3) is 5.91 Å². The fourth-order valence-electron chi connectivity index (χ4n) is 3.30. The summed E-state index contributed by atoms with van der Waals surface area (Å²) >= 11 is 0. The van der Waals surface area contributed by atoms with Gasteiger partial charge in [-0.05, 0) is 31.7 Å². The number of aromatic nitrogens is 3. The first-order chi connectivity index (χ1) is 10.9. The van der Waals surface area contributed by atoms with E-state index in [0.29, 0.717) is 36.8 Å². The number of amides is 1. The number of nitrogens with zero attached hydrogens (tertiary/aromatic N) is 4. The smallest absolute Gasteiger partial charge is 0.274 e. The zero-order valence-electron chi connectivity index (χ0n) is 13.9.